The van der Waals surface area contributed by atoms with Gasteiger partial charge in [0.25, 0.3) is 5.91 Å². The van der Waals surface area contributed by atoms with E-state index in [1.54, 1.807) is 19.1 Å². The molecule has 0 aliphatic rings. The molecular formula is C25H24N2O4S. The molecule has 2 aromatic carbocycles. The lowest BCUT2D eigenvalue weighted by Gasteiger charge is -2.19. The number of nitrogens with zero attached hydrogens (tertiary/aromatic N) is 1. The van der Waals surface area contributed by atoms with Crippen LogP contribution in [0.4, 0.5) is 5.88 Å². The van der Waals surface area contributed by atoms with E-state index in [1.807, 2.05) is 36.4 Å². The van der Waals surface area contributed by atoms with Crippen molar-refractivity contribution in [3.05, 3.63) is 71.0 Å². The van der Waals surface area contributed by atoms with Crippen molar-refractivity contribution in [2.24, 2.45) is 0 Å². The molecule has 0 saturated carbocycles. The number of esters is 1. The van der Waals surface area contributed by atoms with Crippen molar-refractivity contribution in [3.8, 4) is 10.6 Å². The van der Waals surface area contributed by atoms with Gasteiger partial charge in [0, 0.05) is 5.56 Å². The van der Waals surface area contributed by atoms with Gasteiger partial charge in [-0.05, 0) is 42.2 Å². The van der Waals surface area contributed by atoms with Gasteiger partial charge >= 0.3 is 5.97 Å². The number of methoxy groups -OCH3 is 1. The molecule has 0 bridgehead atoms. The number of hydrogen-bond donors (Lipinski definition) is 1. The molecule has 0 aliphatic heterocycles. The number of benzene rings is 2. The number of carbonyl (C=O) groups is 2. The zero-order chi connectivity index (χ0) is 23.0. The minimum Gasteiger partial charge on any atom is -0.465 e. The summed E-state index contributed by atoms with van der Waals surface area (Å²) in [4.78, 5) is 30.2. The molecule has 0 radical (unpaired) electrons. The summed E-state index contributed by atoms with van der Waals surface area (Å²) < 4.78 is 11.8. The van der Waals surface area contributed by atoms with Crippen molar-refractivity contribution in [2.45, 2.75) is 33.1 Å². The van der Waals surface area contributed by atoms with E-state index in [9.17, 15) is 9.59 Å². The van der Waals surface area contributed by atoms with Crippen molar-refractivity contribution in [1.82, 2.24) is 4.98 Å². The average molecular weight is 449 g/mol. The second-order valence-corrected chi connectivity index (χ2v) is 9.53. The maximum absolute atomic E-state index is 13.0. The van der Waals surface area contributed by atoms with Crippen LogP contribution < -0.4 is 5.32 Å². The summed E-state index contributed by atoms with van der Waals surface area (Å²) in [5.74, 6) is -0.357. The Bertz CT molecular complexity index is 1280. The van der Waals surface area contributed by atoms with E-state index in [0.29, 0.717) is 21.9 Å². The lowest BCUT2D eigenvalue weighted by molar-refractivity contribution is 0.0599. The fraction of sp³-hybridized carbons (Fsp3) is 0.240. The number of anilines is 1. The van der Waals surface area contributed by atoms with Gasteiger partial charge in [0.2, 0.25) is 5.88 Å². The van der Waals surface area contributed by atoms with Gasteiger partial charge in [-0.25, -0.2) is 9.78 Å². The highest BCUT2D eigenvalue weighted by molar-refractivity contribution is 7.21. The minimum atomic E-state index is -0.546. The number of aryl methyl sites for hydroxylation is 1. The van der Waals surface area contributed by atoms with Gasteiger partial charge in [0.15, 0.2) is 0 Å². The number of aromatic nitrogens is 1. The summed E-state index contributed by atoms with van der Waals surface area (Å²) in [6.45, 7) is 8.02. The standard InChI is InChI=1S/C25H24N2O4S/c1-14-19(24(29)30-5)20(23-26-17-8-6-7-9-18(17)32-23)22(31-14)27-21(28)15-10-12-16(13-11-15)25(2,3)4/h6-13H,1-5H3,(H,27,28). The molecule has 1 amide bonds. The van der Waals surface area contributed by atoms with Crippen molar-refractivity contribution < 1.29 is 18.7 Å². The monoisotopic (exact) mass is 448 g/mol. The van der Waals surface area contributed by atoms with Crippen LogP contribution in [0, 0.1) is 6.92 Å². The number of nitrogens with one attached hydrogen (secondary N) is 1. The van der Waals surface area contributed by atoms with Crippen LogP contribution in [-0.4, -0.2) is 24.0 Å². The fourth-order valence-electron chi connectivity index (χ4n) is 3.46. The van der Waals surface area contributed by atoms with Crippen LogP contribution in [0.25, 0.3) is 20.8 Å². The Hall–Kier alpha value is -3.45. The Labute approximate surface area is 190 Å². The maximum atomic E-state index is 13.0. The normalized spacial score (nSPS) is 11.5. The first kappa shape index (κ1) is 21.8. The van der Waals surface area contributed by atoms with Crippen LogP contribution in [0.15, 0.2) is 52.9 Å². The third-order valence-electron chi connectivity index (χ3n) is 5.22. The second kappa shape index (κ2) is 8.24. The molecule has 0 spiro atoms. The Kier molecular flexibility index (Phi) is 5.60. The van der Waals surface area contributed by atoms with E-state index in [4.69, 9.17) is 9.15 Å². The number of amides is 1. The third-order valence-corrected chi connectivity index (χ3v) is 6.28. The molecule has 0 saturated heterocycles. The lowest BCUT2D eigenvalue weighted by atomic mass is 9.87. The number of carbonyl (C=O) groups excluding carboxylic acids is 2. The van der Waals surface area contributed by atoms with Crippen LogP contribution in [0.3, 0.4) is 0 Å². The first-order valence-corrected chi connectivity index (χ1v) is 11.0. The summed E-state index contributed by atoms with van der Waals surface area (Å²) in [5, 5.41) is 3.39. The van der Waals surface area contributed by atoms with Gasteiger partial charge in [-0.1, -0.05) is 45.0 Å². The number of thiazole rings is 1. The first-order valence-electron chi connectivity index (χ1n) is 10.2. The molecule has 0 unspecified atom stereocenters. The van der Waals surface area contributed by atoms with E-state index in [1.165, 1.54) is 18.4 Å². The average Bonchev–Trinajstić information content (AvgIpc) is 3.32. The zero-order valence-corrected chi connectivity index (χ0v) is 19.4. The van der Waals surface area contributed by atoms with Crippen molar-refractivity contribution in [3.63, 3.8) is 0 Å². The van der Waals surface area contributed by atoms with E-state index in [0.717, 1.165) is 15.8 Å². The Balaban J connectivity index is 1.75. The van der Waals surface area contributed by atoms with Crippen molar-refractivity contribution in [2.75, 3.05) is 12.4 Å². The van der Waals surface area contributed by atoms with E-state index in [-0.39, 0.29) is 22.8 Å². The van der Waals surface area contributed by atoms with Gasteiger partial charge in [-0.2, -0.15) is 0 Å². The summed E-state index contributed by atoms with van der Waals surface area (Å²) in [7, 11) is 1.31. The third kappa shape index (κ3) is 4.03. The Morgan fingerprint density at radius 2 is 1.75 bits per heavy atom. The largest absolute Gasteiger partial charge is 0.465 e. The molecule has 2 heterocycles. The number of para-hydroxylation sites is 1. The quantitative estimate of drug-likeness (QED) is 0.376. The molecule has 1 N–H and O–H groups in total. The minimum absolute atomic E-state index is 0.0113. The summed E-state index contributed by atoms with van der Waals surface area (Å²) in [6, 6.07) is 15.1. The van der Waals surface area contributed by atoms with Gasteiger partial charge < -0.3 is 9.15 Å². The molecule has 0 atom stereocenters. The van der Waals surface area contributed by atoms with Crippen LogP contribution in [0.1, 0.15) is 52.8 Å². The molecule has 6 nitrogen and oxygen atoms in total. The number of fused-ring (bicyclic) bond motifs is 1. The SMILES string of the molecule is COC(=O)c1c(C)oc(NC(=O)c2ccc(C(C)(C)C)cc2)c1-c1nc2ccccc2s1. The topological polar surface area (TPSA) is 81.4 Å². The van der Waals surface area contributed by atoms with E-state index in [2.05, 4.69) is 31.1 Å². The zero-order valence-electron chi connectivity index (χ0n) is 18.6. The number of rotatable bonds is 4. The lowest BCUT2D eigenvalue weighted by Crippen LogP contribution is -2.14. The Morgan fingerprint density at radius 3 is 2.38 bits per heavy atom. The number of furan rings is 1. The fourth-order valence-corrected chi connectivity index (χ4v) is 4.47. The van der Waals surface area contributed by atoms with Gasteiger partial charge in [0.1, 0.15) is 16.3 Å². The van der Waals surface area contributed by atoms with Gasteiger partial charge in [-0.15, -0.1) is 11.3 Å². The smallest absolute Gasteiger partial charge is 0.342 e. The van der Waals surface area contributed by atoms with Crippen molar-refractivity contribution >= 4 is 39.3 Å². The predicted octanol–water partition coefficient (Wildman–Crippen LogP) is 6.20. The highest BCUT2D eigenvalue weighted by atomic mass is 32.1. The van der Waals surface area contributed by atoms with Crippen LogP contribution in [-0.2, 0) is 10.2 Å². The summed E-state index contributed by atoms with van der Waals surface area (Å²) in [5.41, 5.74) is 3.09. The second-order valence-electron chi connectivity index (χ2n) is 8.50. The maximum Gasteiger partial charge on any atom is 0.342 e. The highest BCUT2D eigenvalue weighted by Gasteiger charge is 2.29. The van der Waals surface area contributed by atoms with Crippen molar-refractivity contribution in [1.29, 1.82) is 0 Å². The number of ether oxygens (including phenoxy) is 1. The van der Waals surface area contributed by atoms with Crippen LogP contribution in [0.5, 0.6) is 0 Å². The highest BCUT2D eigenvalue weighted by Crippen LogP contribution is 2.40. The van der Waals surface area contributed by atoms with Crippen LogP contribution in [0.2, 0.25) is 0 Å². The summed E-state index contributed by atoms with van der Waals surface area (Å²) >= 11 is 1.42. The predicted molar refractivity (Wildman–Crippen MR) is 126 cm³/mol. The van der Waals surface area contributed by atoms with Crippen LogP contribution >= 0.6 is 11.3 Å². The molecule has 4 rings (SSSR count). The first-order chi connectivity index (χ1) is 15.2. The Morgan fingerprint density at radius 1 is 1.06 bits per heavy atom. The molecule has 7 heteroatoms. The molecule has 0 aliphatic carbocycles. The molecule has 2 aromatic heterocycles. The van der Waals surface area contributed by atoms with E-state index >= 15 is 0 Å². The van der Waals surface area contributed by atoms with Gasteiger partial charge in [0.05, 0.1) is 22.9 Å². The molecule has 32 heavy (non-hydrogen) atoms. The molecule has 164 valence electrons. The van der Waals surface area contributed by atoms with E-state index < -0.39 is 5.97 Å². The number of hydrogen-bond acceptors (Lipinski definition) is 6. The molecule has 4 aromatic rings. The molecule has 0 fully saturated rings. The molecular weight excluding hydrogens is 424 g/mol. The summed E-state index contributed by atoms with van der Waals surface area (Å²) in [6.07, 6.45) is 0. The van der Waals surface area contributed by atoms with Gasteiger partial charge in [-0.3, -0.25) is 10.1 Å².